The fourth-order valence-electron chi connectivity index (χ4n) is 2.52. The topological polar surface area (TPSA) is 58.3 Å². The highest BCUT2D eigenvalue weighted by atomic mass is 15.3. The number of aryl methyl sites for hydroxylation is 1. The summed E-state index contributed by atoms with van der Waals surface area (Å²) in [7, 11) is 2.07. The Morgan fingerprint density at radius 2 is 2.38 bits per heavy atom. The minimum Gasteiger partial charge on any atom is -0.357 e. The Labute approximate surface area is 127 Å². The maximum Gasteiger partial charge on any atom is 0.194 e. The molecule has 0 radical (unpaired) electrons. The molecule has 1 aromatic rings. The molecule has 0 fully saturated rings. The van der Waals surface area contributed by atoms with Gasteiger partial charge in [0, 0.05) is 33.1 Å². The molecule has 1 N–H and O–H groups in total. The zero-order valence-electron chi connectivity index (χ0n) is 13.2. The van der Waals surface area contributed by atoms with E-state index >= 15 is 0 Å². The number of aromatic nitrogens is 3. The second-order valence-corrected chi connectivity index (χ2v) is 5.31. The molecular formula is C15H26N6. The summed E-state index contributed by atoms with van der Waals surface area (Å²) in [5.41, 5.74) is 0. The lowest BCUT2D eigenvalue weighted by atomic mass is 10.3. The molecule has 1 aliphatic rings. The fourth-order valence-corrected chi connectivity index (χ4v) is 2.52. The highest BCUT2D eigenvalue weighted by Crippen LogP contribution is 2.14. The molecule has 6 heteroatoms. The Morgan fingerprint density at radius 3 is 3.14 bits per heavy atom. The maximum absolute atomic E-state index is 4.69. The third-order valence-corrected chi connectivity index (χ3v) is 3.65. The smallest absolute Gasteiger partial charge is 0.194 e. The van der Waals surface area contributed by atoms with Crippen LogP contribution >= 0.6 is 0 Å². The van der Waals surface area contributed by atoms with Crippen LogP contribution in [-0.2, 0) is 19.5 Å². The maximum atomic E-state index is 4.69. The van der Waals surface area contributed by atoms with Crippen molar-refractivity contribution in [1.82, 2.24) is 25.0 Å². The molecule has 6 nitrogen and oxygen atoms in total. The number of nitrogens with one attached hydrogen (secondary N) is 1. The van der Waals surface area contributed by atoms with E-state index in [2.05, 4.69) is 45.5 Å². The third kappa shape index (κ3) is 4.06. The van der Waals surface area contributed by atoms with Crippen molar-refractivity contribution < 1.29 is 0 Å². The van der Waals surface area contributed by atoms with Crippen LogP contribution in [-0.4, -0.2) is 45.8 Å². The van der Waals surface area contributed by atoms with Gasteiger partial charge in [-0.25, -0.2) is 4.99 Å². The molecule has 21 heavy (non-hydrogen) atoms. The van der Waals surface area contributed by atoms with Gasteiger partial charge < -0.3 is 14.8 Å². The number of aliphatic imine (C=N–C) groups is 1. The van der Waals surface area contributed by atoms with Gasteiger partial charge in [-0.2, -0.15) is 0 Å². The van der Waals surface area contributed by atoms with Gasteiger partial charge in [-0.1, -0.05) is 6.08 Å². The van der Waals surface area contributed by atoms with E-state index in [1.165, 1.54) is 6.42 Å². The van der Waals surface area contributed by atoms with Gasteiger partial charge in [0.25, 0.3) is 0 Å². The number of hydrogen-bond donors (Lipinski definition) is 1. The standard InChI is InChI=1S/C15H26N6/c1-4-6-7-10-20(3)15(16-5-2)17-12-14-19-18-13-9-8-11-21(13)14/h4H,1,5-12H2,2-3H3,(H,16,17). The summed E-state index contributed by atoms with van der Waals surface area (Å²) in [6.07, 6.45) is 6.28. The van der Waals surface area contributed by atoms with Crippen LogP contribution in [0, 0.1) is 0 Å². The molecule has 0 amide bonds. The highest BCUT2D eigenvalue weighted by Gasteiger charge is 2.17. The largest absolute Gasteiger partial charge is 0.357 e. The molecule has 0 atom stereocenters. The van der Waals surface area contributed by atoms with Gasteiger partial charge >= 0.3 is 0 Å². The van der Waals surface area contributed by atoms with Crippen molar-refractivity contribution in [3.8, 4) is 0 Å². The SMILES string of the molecule is C=CCCCN(C)C(=NCc1nnc2n1CCC2)NCC. The summed E-state index contributed by atoms with van der Waals surface area (Å²) in [4.78, 5) is 6.86. The van der Waals surface area contributed by atoms with Gasteiger partial charge in [-0.15, -0.1) is 16.8 Å². The first kappa shape index (κ1) is 15.5. The summed E-state index contributed by atoms with van der Waals surface area (Å²) in [6, 6.07) is 0. The molecule has 2 rings (SSSR count). The number of rotatable bonds is 7. The van der Waals surface area contributed by atoms with Gasteiger partial charge in [-0.3, -0.25) is 0 Å². The first-order valence-electron chi connectivity index (χ1n) is 7.77. The molecule has 0 aliphatic carbocycles. The lowest BCUT2D eigenvalue weighted by Crippen LogP contribution is -2.39. The van der Waals surface area contributed by atoms with Crippen LogP contribution in [0.15, 0.2) is 17.6 Å². The van der Waals surface area contributed by atoms with E-state index in [-0.39, 0.29) is 0 Å². The van der Waals surface area contributed by atoms with Crippen molar-refractivity contribution in [1.29, 1.82) is 0 Å². The van der Waals surface area contributed by atoms with Gasteiger partial charge in [0.1, 0.15) is 12.4 Å². The van der Waals surface area contributed by atoms with E-state index in [4.69, 9.17) is 4.99 Å². The molecule has 0 saturated carbocycles. The summed E-state index contributed by atoms with van der Waals surface area (Å²) in [5, 5.41) is 11.8. The Kier molecular flexibility index (Phi) is 5.78. The van der Waals surface area contributed by atoms with Crippen molar-refractivity contribution in [3.05, 3.63) is 24.3 Å². The third-order valence-electron chi connectivity index (χ3n) is 3.65. The van der Waals surface area contributed by atoms with Crippen LogP contribution in [0.5, 0.6) is 0 Å². The van der Waals surface area contributed by atoms with Crippen molar-refractivity contribution in [3.63, 3.8) is 0 Å². The van der Waals surface area contributed by atoms with E-state index in [9.17, 15) is 0 Å². The number of fused-ring (bicyclic) bond motifs is 1. The molecule has 0 bridgehead atoms. The van der Waals surface area contributed by atoms with Crippen molar-refractivity contribution in [2.24, 2.45) is 4.99 Å². The van der Waals surface area contributed by atoms with E-state index in [1.807, 2.05) is 6.08 Å². The van der Waals surface area contributed by atoms with Gasteiger partial charge in [-0.05, 0) is 26.2 Å². The average Bonchev–Trinajstić information content (AvgIpc) is 3.07. The summed E-state index contributed by atoms with van der Waals surface area (Å²) in [6.45, 7) is 9.29. The Bertz CT molecular complexity index is 490. The first-order chi connectivity index (χ1) is 10.3. The number of allylic oxidation sites excluding steroid dienone is 1. The number of guanidine groups is 1. The number of nitrogens with zero attached hydrogens (tertiary/aromatic N) is 5. The zero-order chi connectivity index (χ0) is 15.1. The summed E-state index contributed by atoms with van der Waals surface area (Å²) >= 11 is 0. The number of hydrogen-bond acceptors (Lipinski definition) is 3. The minimum absolute atomic E-state index is 0.584. The van der Waals surface area contributed by atoms with Crippen molar-refractivity contribution in [2.75, 3.05) is 20.1 Å². The summed E-state index contributed by atoms with van der Waals surface area (Å²) in [5.74, 6) is 3.00. The fraction of sp³-hybridized carbons (Fsp3) is 0.667. The van der Waals surface area contributed by atoms with E-state index in [0.29, 0.717) is 6.54 Å². The Hall–Kier alpha value is -1.85. The first-order valence-corrected chi connectivity index (χ1v) is 7.77. The predicted molar refractivity (Wildman–Crippen MR) is 85.2 cm³/mol. The van der Waals surface area contributed by atoms with Crippen LogP contribution in [0.2, 0.25) is 0 Å². The molecule has 0 aromatic carbocycles. The van der Waals surface area contributed by atoms with E-state index in [1.54, 1.807) is 0 Å². The van der Waals surface area contributed by atoms with E-state index < -0.39 is 0 Å². The van der Waals surface area contributed by atoms with Crippen molar-refractivity contribution in [2.45, 2.75) is 45.7 Å². The predicted octanol–water partition coefficient (Wildman–Crippen LogP) is 1.59. The molecule has 0 spiro atoms. The van der Waals surface area contributed by atoms with Gasteiger partial charge in [0.05, 0.1) is 0 Å². The normalized spacial score (nSPS) is 14.1. The van der Waals surface area contributed by atoms with Crippen LogP contribution < -0.4 is 5.32 Å². The molecule has 116 valence electrons. The Balaban J connectivity index is 1.97. The number of unbranched alkanes of at least 4 members (excludes halogenated alkanes) is 1. The summed E-state index contributed by atoms with van der Waals surface area (Å²) < 4.78 is 2.20. The Morgan fingerprint density at radius 1 is 1.52 bits per heavy atom. The second kappa shape index (κ2) is 7.81. The molecule has 1 aromatic heterocycles. The van der Waals surface area contributed by atoms with Crippen LogP contribution in [0.1, 0.15) is 37.8 Å². The molecule has 0 saturated heterocycles. The molecule has 0 unspecified atom stereocenters. The van der Waals surface area contributed by atoms with Gasteiger partial charge in [0.2, 0.25) is 0 Å². The van der Waals surface area contributed by atoms with E-state index in [0.717, 1.165) is 56.5 Å². The average molecular weight is 290 g/mol. The minimum atomic E-state index is 0.584. The monoisotopic (exact) mass is 290 g/mol. The molecule has 1 aliphatic heterocycles. The quantitative estimate of drug-likeness (QED) is 0.358. The molecule has 2 heterocycles. The van der Waals surface area contributed by atoms with Crippen molar-refractivity contribution >= 4 is 5.96 Å². The lowest BCUT2D eigenvalue weighted by molar-refractivity contribution is 0.469. The zero-order valence-corrected chi connectivity index (χ0v) is 13.2. The highest BCUT2D eigenvalue weighted by molar-refractivity contribution is 5.79. The second-order valence-electron chi connectivity index (χ2n) is 5.31. The van der Waals surface area contributed by atoms with Gasteiger partial charge in [0.15, 0.2) is 11.8 Å². The van der Waals surface area contributed by atoms with Crippen LogP contribution in [0.4, 0.5) is 0 Å². The van der Waals surface area contributed by atoms with Crippen LogP contribution in [0.3, 0.4) is 0 Å². The lowest BCUT2D eigenvalue weighted by Gasteiger charge is -2.21. The van der Waals surface area contributed by atoms with Crippen LogP contribution in [0.25, 0.3) is 0 Å². The molecular weight excluding hydrogens is 264 g/mol.